The van der Waals surface area contributed by atoms with Crippen LogP contribution in [0.25, 0.3) is 32.1 Å². The van der Waals surface area contributed by atoms with Crippen molar-refractivity contribution in [3.63, 3.8) is 0 Å². The van der Waals surface area contributed by atoms with Crippen LogP contribution in [-0.2, 0) is 0 Å². The average Bonchev–Trinajstić information content (AvgIpc) is 3.13. The van der Waals surface area contributed by atoms with Crippen LogP contribution in [0.5, 0.6) is 5.75 Å². The zero-order chi connectivity index (χ0) is 18.4. The van der Waals surface area contributed by atoms with Crippen molar-refractivity contribution in [1.82, 2.24) is 4.98 Å². The molecule has 0 spiro atoms. The monoisotopic (exact) mass is 464 g/mol. The van der Waals surface area contributed by atoms with Gasteiger partial charge in [0.05, 0.1) is 5.52 Å². The highest BCUT2D eigenvalue weighted by Gasteiger charge is 2.18. The second-order valence-electron chi connectivity index (χ2n) is 6.38. The number of fused-ring (bicyclic) bond motifs is 3. The van der Waals surface area contributed by atoms with E-state index >= 15 is 0 Å². The number of hydrogen-bond donors (Lipinski definition) is 3. The summed E-state index contributed by atoms with van der Waals surface area (Å²) >= 11 is 4.86. The maximum absolute atomic E-state index is 12.4. The second kappa shape index (κ2) is 7.64. The first-order valence-corrected chi connectivity index (χ1v) is 9.93. The Morgan fingerprint density at radius 3 is 2.63 bits per heavy atom. The van der Waals surface area contributed by atoms with E-state index in [0.29, 0.717) is 21.2 Å². The summed E-state index contributed by atoms with van der Waals surface area (Å²) in [7, 11) is 0. The SMILES string of the molecule is C[C@@H](CN)c1ccc(-c2c(O)cc(Br)c3[nH]c(=O)c4sccc4c23)cc1.Cl. The molecule has 4 aromatic rings. The van der Waals surface area contributed by atoms with Gasteiger partial charge in [-0.15, -0.1) is 23.7 Å². The number of nitrogens with two attached hydrogens (primary N) is 1. The molecule has 2 aromatic carbocycles. The predicted octanol–water partition coefficient (Wildman–Crippen LogP) is 5.36. The summed E-state index contributed by atoms with van der Waals surface area (Å²) < 4.78 is 1.32. The van der Waals surface area contributed by atoms with Crippen LogP contribution in [-0.4, -0.2) is 16.6 Å². The molecule has 2 heterocycles. The van der Waals surface area contributed by atoms with Gasteiger partial charge in [0.2, 0.25) is 0 Å². The maximum atomic E-state index is 12.4. The van der Waals surface area contributed by atoms with E-state index in [4.69, 9.17) is 5.73 Å². The van der Waals surface area contributed by atoms with Crippen molar-refractivity contribution in [3.05, 3.63) is 62.2 Å². The lowest BCUT2D eigenvalue weighted by atomic mass is 9.94. The second-order valence-corrected chi connectivity index (χ2v) is 8.15. The average molecular weight is 466 g/mol. The number of aromatic amines is 1. The van der Waals surface area contributed by atoms with Crippen LogP contribution in [0.1, 0.15) is 18.4 Å². The summed E-state index contributed by atoms with van der Waals surface area (Å²) in [6.45, 7) is 2.67. The van der Waals surface area contributed by atoms with Crippen molar-refractivity contribution in [2.24, 2.45) is 5.73 Å². The predicted molar refractivity (Wildman–Crippen MR) is 119 cm³/mol. The number of hydrogen-bond acceptors (Lipinski definition) is 4. The summed E-state index contributed by atoms with van der Waals surface area (Å²) in [4.78, 5) is 15.3. The van der Waals surface area contributed by atoms with Gasteiger partial charge < -0.3 is 15.8 Å². The van der Waals surface area contributed by atoms with Crippen LogP contribution in [0.2, 0.25) is 0 Å². The molecule has 1 atom stereocenters. The van der Waals surface area contributed by atoms with E-state index in [-0.39, 0.29) is 29.6 Å². The fraction of sp³-hybridized carbons (Fsp3) is 0.150. The minimum Gasteiger partial charge on any atom is -0.507 e. The molecule has 0 unspecified atom stereocenters. The molecule has 0 fully saturated rings. The van der Waals surface area contributed by atoms with E-state index in [1.54, 1.807) is 6.07 Å². The van der Waals surface area contributed by atoms with Gasteiger partial charge in [0.25, 0.3) is 5.56 Å². The third-order valence-electron chi connectivity index (χ3n) is 4.76. The minimum atomic E-state index is -0.119. The largest absolute Gasteiger partial charge is 0.507 e. The van der Waals surface area contributed by atoms with Gasteiger partial charge in [-0.05, 0) is 57.0 Å². The highest BCUT2D eigenvalue weighted by atomic mass is 79.9. The van der Waals surface area contributed by atoms with Gasteiger partial charge in [-0.2, -0.15) is 0 Å². The van der Waals surface area contributed by atoms with E-state index < -0.39 is 0 Å². The van der Waals surface area contributed by atoms with Gasteiger partial charge in [-0.3, -0.25) is 4.79 Å². The molecule has 0 radical (unpaired) electrons. The smallest absolute Gasteiger partial charge is 0.266 e. The number of rotatable bonds is 3. The molecule has 4 nitrogen and oxygen atoms in total. The summed E-state index contributed by atoms with van der Waals surface area (Å²) in [6.07, 6.45) is 0. The number of thiophene rings is 1. The van der Waals surface area contributed by atoms with Crippen molar-refractivity contribution >= 4 is 60.7 Å². The maximum Gasteiger partial charge on any atom is 0.266 e. The zero-order valence-corrected chi connectivity index (χ0v) is 17.7. The molecule has 0 aliphatic carbocycles. The number of aromatic nitrogens is 1. The summed E-state index contributed by atoms with van der Waals surface area (Å²) in [6, 6.07) is 11.6. The van der Waals surface area contributed by atoms with Crippen LogP contribution >= 0.6 is 39.7 Å². The first-order valence-electron chi connectivity index (χ1n) is 8.26. The number of aromatic hydroxyl groups is 1. The number of nitrogens with one attached hydrogen (secondary N) is 1. The molecule has 140 valence electrons. The zero-order valence-electron chi connectivity index (χ0n) is 14.5. The number of benzene rings is 2. The van der Waals surface area contributed by atoms with Crippen LogP contribution < -0.4 is 11.3 Å². The summed E-state index contributed by atoms with van der Waals surface area (Å²) in [5.74, 6) is 0.447. The number of halogens is 2. The minimum absolute atomic E-state index is 0. The number of phenolic OH excluding ortho intramolecular Hbond substituents is 1. The number of H-pyrrole nitrogens is 1. The molecule has 0 saturated heterocycles. The van der Waals surface area contributed by atoms with Crippen LogP contribution in [0, 0.1) is 0 Å². The topological polar surface area (TPSA) is 79.1 Å². The van der Waals surface area contributed by atoms with Crippen molar-refractivity contribution < 1.29 is 5.11 Å². The Hall–Kier alpha value is -1.86. The van der Waals surface area contributed by atoms with Crippen molar-refractivity contribution in [2.45, 2.75) is 12.8 Å². The van der Waals surface area contributed by atoms with Gasteiger partial charge in [-0.1, -0.05) is 31.2 Å². The molecule has 0 aliphatic rings. The van der Waals surface area contributed by atoms with Gasteiger partial charge in [0.1, 0.15) is 10.4 Å². The molecule has 4 N–H and O–H groups in total. The van der Waals surface area contributed by atoms with Crippen molar-refractivity contribution in [2.75, 3.05) is 6.54 Å². The van der Waals surface area contributed by atoms with Gasteiger partial charge in [0, 0.05) is 20.8 Å². The highest BCUT2D eigenvalue weighted by Crippen LogP contribution is 2.42. The fourth-order valence-corrected chi connectivity index (χ4v) is 4.60. The third kappa shape index (κ3) is 3.27. The van der Waals surface area contributed by atoms with Gasteiger partial charge in [-0.25, -0.2) is 0 Å². The number of phenols is 1. The summed E-state index contributed by atoms with van der Waals surface area (Å²) in [5.41, 5.74) is 9.10. The van der Waals surface area contributed by atoms with Gasteiger partial charge >= 0.3 is 0 Å². The molecule has 0 aliphatic heterocycles. The molecule has 27 heavy (non-hydrogen) atoms. The van der Waals surface area contributed by atoms with Crippen LogP contribution in [0.3, 0.4) is 0 Å². The Morgan fingerprint density at radius 1 is 1.26 bits per heavy atom. The van der Waals surface area contributed by atoms with E-state index in [2.05, 4.69) is 27.8 Å². The molecular weight excluding hydrogens is 448 g/mol. The fourth-order valence-electron chi connectivity index (χ4n) is 3.29. The Balaban J connectivity index is 0.00000210. The Bertz CT molecular complexity index is 1180. The number of pyridine rings is 1. The molecule has 2 aromatic heterocycles. The normalized spacial score (nSPS) is 12.3. The quantitative estimate of drug-likeness (QED) is 0.381. The molecule has 4 rings (SSSR count). The first kappa shape index (κ1) is 19.9. The molecular formula is C20H18BrClN2O2S. The lowest BCUT2D eigenvalue weighted by Gasteiger charge is -2.14. The molecule has 0 amide bonds. The molecule has 0 saturated carbocycles. The Morgan fingerprint density at radius 2 is 1.96 bits per heavy atom. The van der Waals surface area contributed by atoms with Crippen LogP contribution in [0.15, 0.2) is 51.0 Å². The lowest BCUT2D eigenvalue weighted by molar-refractivity contribution is 0.477. The van der Waals surface area contributed by atoms with E-state index in [1.807, 2.05) is 35.7 Å². The standard InChI is InChI=1S/C20H17BrN2O2S.ClH/c1-10(9-22)11-2-4-12(5-3-11)16-15(24)8-14(21)18-17(16)13-6-7-26-19(13)20(25)23-18;/h2-8,10,24H,9,22H2,1H3,(H,23,25);1H/t10-;/m0./s1. The van der Waals surface area contributed by atoms with Crippen molar-refractivity contribution in [1.29, 1.82) is 0 Å². The first-order chi connectivity index (χ1) is 12.5. The van der Waals surface area contributed by atoms with Crippen LogP contribution in [0.4, 0.5) is 0 Å². The Kier molecular flexibility index (Phi) is 5.63. The highest BCUT2D eigenvalue weighted by molar-refractivity contribution is 9.10. The van der Waals surface area contributed by atoms with E-state index in [0.717, 1.165) is 27.5 Å². The summed E-state index contributed by atoms with van der Waals surface area (Å²) in [5, 5.41) is 14.3. The van der Waals surface area contributed by atoms with Crippen molar-refractivity contribution in [3.8, 4) is 16.9 Å². The molecule has 7 heteroatoms. The van der Waals surface area contributed by atoms with Gasteiger partial charge in [0.15, 0.2) is 0 Å². The van der Waals surface area contributed by atoms with E-state index in [1.165, 1.54) is 11.3 Å². The molecule has 0 bridgehead atoms. The Labute approximate surface area is 174 Å². The van der Waals surface area contributed by atoms with E-state index in [9.17, 15) is 9.90 Å². The lowest BCUT2D eigenvalue weighted by Crippen LogP contribution is -2.08. The third-order valence-corrected chi connectivity index (χ3v) is 6.30.